The predicted molar refractivity (Wildman–Crippen MR) is 25.1 cm³/mol. The topological polar surface area (TPSA) is 14.0 Å². The molecule has 0 saturated heterocycles. The van der Waals surface area contributed by atoms with Gasteiger partial charge in [0, 0.05) is 0 Å². The lowest BCUT2D eigenvalue weighted by molar-refractivity contribution is -0.453. The molecule has 1 aliphatic heterocycles. The molecular weight excluding hydrogens is 74.1 g/mol. The van der Waals surface area contributed by atoms with Crippen molar-refractivity contribution in [3.8, 4) is 0 Å². The van der Waals surface area contributed by atoms with Crippen molar-refractivity contribution in [3.63, 3.8) is 0 Å². The minimum absolute atomic E-state index is 0.361. The van der Waals surface area contributed by atoms with Gasteiger partial charge in [0.25, 0.3) is 0 Å². The highest BCUT2D eigenvalue weighted by Crippen LogP contribution is 2.11. The van der Waals surface area contributed by atoms with Crippen LogP contribution in [0.4, 0.5) is 0 Å². The highest BCUT2D eigenvalue weighted by Gasteiger charge is 2.15. The molecule has 1 nitrogen and oxygen atoms in total. The smallest absolute Gasteiger partial charge is 0.0000991 e. The van der Waals surface area contributed by atoms with Crippen molar-refractivity contribution in [1.82, 2.24) is 0 Å². The third kappa shape index (κ3) is 0.402. The summed E-state index contributed by atoms with van der Waals surface area (Å²) in [5.41, 5.74) is 0.361. The lowest BCUT2D eigenvalue weighted by atomic mass is 9.91. The van der Waals surface area contributed by atoms with E-state index in [9.17, 15) is 0 Å². The minimum atomic E-state index is 0.361. The average Bonchev–Trinajstić information content (AvgIpc) is 1.32. The first-order chi connectivity index (χ1) is 2.71. The summed E-state index contributed by atoms with van der Waals surface area (Å²) in [7, 11) is 0. The Kier molecular flexibility index (Phi) is 0.484. The van der Waals surface area contributed by atoms with Gasteiger partial charge in [-0.3, -0.25) is 0 Å². The summed E-state index contributed by atoms with van der Waals surface area (Å²) in [5.74, 6) is 0. The maximum absolute atomic E-state index is 2.95. The van der Waals surface area contributed by atoms with Gasteiger partial charge >= 0.3 is 0 Å². The van der Waals surface area contributed by atoms with Crippen LogP contribution >= 0.6 is 0 Å². The SMILES string of the molecule is CC1(C)C=[NH+][CH-]1. The molecule has 0 saturated carbocycles. The van der Waals surface area contributed by atoms with E-state index in [4.69, 9.17) is 0 Å². The molecule has 1 heteroatoms. The van der Waals surface area contributed by atoms with Gasteiger partial charge in [-0.05, 0) is 18.2 Å². The Morgan fingerprint density at radius 2 is 2.00 bits per heavy atom. The summed E-state index contributed by atoms with van der Waals surface area (Å²) in [5, 5.41) is 0. The van der Waals surface area contributed by atoms with Gasteiger partial charge in [-0.2, -0.15) is 0 Å². The Labute approximate surface area is 38.1 Å². The van der Waals surface area contributed by atoms with Crippen LogP contribution in [0.5, 0.6) is 0 Å². The highest BCUT2D eigenvalue weighted by molar-refractivity contribution is 5.63. The molecule has 0 fully saturated rings. The second kappa shape index (κ2) is 0.780. The maximum Gasteiger partial charge on any atom is -0.0000991 e. The number of hydrogen-bond donors (Lipinski definition) is 1. The molecule has 0 aromatic heterocycles. The van der Waals surface area contributed by atoms with Crippen LogP contribution in [0.15, 0.2) is 0 Å². The molecule has 1 rings (SSSR count). The number of nitrogens with one attached hydrogen (secondary N) is 1. The monoisotopic (exact) mass is 83.1 g/mol. The molecule has 0 amide bonds. The van der Waals surface area contributed by atoms with E-state index in [1.54, 1.807) is 0 Å². The van der Waals surface area contributed by atoms with E-state index in [-0.39, 0.29) is 0 Å². The highest BCUT2D eigenvalue weighted by atomic mass is 14.8. The van der Waals surface area contributed by atoms with Gasteiger partial charge in [0.2, 0.25) is 0 Å². The largest absolute Gasteiger partial charge is 0.383 e. The normalized spacial score (nSPS) is 25.0. The zero-order valence-corrected chi connectivity index (χ0v) is 4.15. The maximum atomic E-state index is 2.95. The summed E-state index contributed by atoms with van der Waals surface area (Å²) in [6, 6.07) is 0. The summed E-state index contributed by atoms with van der Waals surface area (Å²) < 4.78 is 0. The van der Waals surface area contributed by atoms with Crippen LogP contribution in [0.25, 0.3) is 0 Å². The predicted octanol–water partition coefficient (Wildman–Crippen LogP) is -0.661. The molecule has 1 N–H and O–H groups in total. The second-order valence-electron chi connectivity index (χ2n) is 2.28. The summed E-state index contributed by atoms with van der Waals surface area (Å²) in [4.78, 5) is 2.95. The molecule has 0 aromatic carbocycles. The van der Waals surface area contributed by atoms with E-state index in [0.29, 0.717) is 5.41 Å². The zero-order chi connectivity index (χ0) is 4.62. The fourth-order valence-corrected chi connectivity index (χ4v) is 0.417. The van der Waals surface area contributed by atoms with E-state index in [0.717, 1.165) is 0 Å². The van der Waals surface area contributed by atoms with E-state index in [2.05, 4.69) is 31.6 Å². The van der Waals surface area contributed by atoms with Crippen LogP contribution in [-0.2, 0) is 0 Å². The van der Waals surface area contributed by atoms with Crippen LogP contribution in [0.2, 0.25) is 0 Å². The average molecular weight is 83.1 g/mol. The summed E-state index contributed by atoms with van der Waals surface area (Å²) in [6.45, 7) is 6.38. The number of hydrogen-bond acceptors (Lipinski definition) is 0. The number of rotatable bonds is 0. The van der Waals surface area contributed by atoms with Crippen molar-refractivity contribution < 1.29 is 4.99 Å². The first kappa shape index (κ1) is 3.72. The van der Waals surface area contributed by atoms with Crippen molar-refractivity contribution in [2.24, 2.45) is 5.41 Å². The van der Waals surface area contributed by atoms with Crippen LogP contribution in [0.3, 0.4) is 0 Å². The third-order valence-electron chi connectivity index (χ3n) is 0.911. The standard InChI is InChI=1S/C5H9N/c1-5(2)3-6-4-5/h3-4,6H,1-2H3. The lowest BCUT2D eigenvalue weighted by Crippen LogP contribution is -2.79. The quantitative estimate of drug-likeness (QED) is 0.374. The molecule has 6 heavy (non-hydrogen) atoms. The molecule has 1 heterocycles. The summed E-state index contributed by atoms with van der Waals surface area (Å²) in [6.07, 6.45) is 2.06. The Balaban J connectivity index is 2.57. The van der Waals surface area contributed by atoms with Gasteiger partial charge in [-0.25, -0.2) is 0 Å². The molecule has 0 radical (unpaired) electrons. The lowest BCUT2D eigenvalue weighted by Gasteiger charge is -2.27. The van der Waals surface area contributed by atoms with Crippen molar-refractivity contribution >= 4 is 6.21 Å². The fourth-order valence-electron chi connectivity index (χ4n) is 0.417. The van der Waals surface area contributed by atoms with E-state index < -0.39 is 0 Å². The van der Waals surface area contributed by atoms with Crippen molar-refractivity contribution in [1.29, 1.82) is 0 Å². The Morgan fingerprint density at radius 1 is 1.67 bits per heavy atom. The summed E-state index contributed by atoms with van der Waals surface area (Å²) >= 11 is 0. The van der Waals surface area contributed by atoms with Crippen LogP contribution in [0, 0.1) is 12.0 Å². The third-order valence-corrected chi connectivity index (χ3v) is 0.911. The first-order valence-corrected chi connectivity index (χ1v) is 2.15. The van der Waals surface area contributed by atoms with E-state index in [1.165, 1.54) is 0 Å². The van der Waals surface area contributed by atoms with Gasteiger partial charge < -0.3 is 4.99 Å². The molecule has 0 aromatic rings. The Bertz CT molecular complexity index is 81.9. The van der Waals surface area contributed by atoms with Gasteiger partial charge in [-0.15, -0.1) is 0 Å². The van der Waals surface area contributed by atoms with Crippen molar-refractivity contribution in [2.45, 2.75) is 13.8 Å². The Hall–Kier alpha value is -0.460. The minimum Gasteiger partial charge on any atom is -0.383 e. The molecule has 0 unspecified atom stereocenters. The molecule has 34 valence electrons. The van der Waals surface area contributed by atoms with Crippen molar-refractivity contribution in [2.75, 3.05) is 0 Å². The van der Waals surface area contributed by atoms with E-state index in [1.807, 2.05) is 0 Å². The molecule has 0 spiro atoms. The van der Waals surface area contributed by atoms with Gasteiger partial charge in [0.05, 0.1) is 0 Å². The van der Waals surface area contributed by atoms with Crippen LogP contribution in [-0.4, -0.2) is 6.21 Å². The molecule has 1 aliphatic rings. The van der Waals surface area contributed by atoms with Crippen molar-refractivity contribution in [3.05, 3.63) is 6.54 Å². The van der Waals surface area contributed by atoms with Crippen LogP contribution in [0.1, 0.15) is 13.8 Å². The second-order valence-corrected chi connectivity index (χ2v) is 2.28. The molecule has 0 bridgehead atoms. The first-order valence-electron chi connectivity index (χ1n) is 2.15. The van der Waals surface area contributed by atoms with Gasteiger partial charge in [0.15, 0.2) is 0 Å². The molecule has 0 atom stereocenters. The molecule has 0 aliphatic carbocycles. The fraction of sp³-hybridized carbons (Fsp3) is 0.600. The Morgan fingerprint density at radius 3 is 2.00 bits per heavy atom. The van der Waals surface area contributed by atoms with E-state index >= 15 is 0 Å². The van der Waals surface area contributed by atoms with Crippen LogP contribution < -0.4 is 4.99 Å². The zero-order valence-electron chi connectivity index (χ0n) is 4.15. The van der Waals surface area contributed by atoms with Gasteiger partial charge in [0.1, 0.15) is 0 Å². The van der Waals surface area contributed by atoms with Gasteiger partial charge in [-0.1, -0.05) is 13.8 Å². The molecular formula is C5H9N.